The first-order valence-electron chi connectivity index (χ1n) is 4.04. The number of amides is 2. The quantitative estimate of drug-likeness (QED) is 0.529. The van der Waals surface area contributed by atoms with Gasteiger partial charge in [-0.05, 0) is 20.8 Å². The van der Waals surface area contributed by atoms with Crippen molar-refractivity contribution in [2.45, 2.75) is 20.8 Å². The lowest BCUT2D eigenvalue weighted by molar-refractivity contribution is -0.116. The average Bonchev–Trinajstić information content (AvgIpc) is 2.13. The predicted molar refractivity (Wildman–Crippen MR) is 52.0 cm³/mol. The number of imide groups is 1. The fourth-order valence-corrected chi connectivity index (χ4v) is 0.411. The molecular weight excluding hydrogens is 184 g/mol. The highest BCUT2D eigenvalue weighted by Crippen LogP contribution is 1.88. The van der Waals surface area contributed by atoms with Crippen LogP contribution < -0.4 is 10.8 Å². The molecule has 0 spiro atoms. The molecule has 0 aliphatic carbocycles. The Labute approximate surface area is 82.8 Å². The van der Waals surface area contributed by atoms with Crippen LogP contribution in [0.3, 0.4) is 0 Å². The summed E-state index contributed by atoms with van der Waals surface area (Å²) in [5.41, 5.74) is 3.25. The first-order valence-corrected chi connectivity index (χ1v) is 4.04. The Morgan fingerprint density at radius 3 is 2.36 bits per heavy atom. The van der Waals surface area contributed by atoms with E-state index in [0.29, 0.717) is 5.70 Å². The van der Waals surface area contributed by atoms with Crippen molar-refractivity contribution in [1.29, 1.82) is 0 Å². The number of nitrogens with one attached hydrogen (secondary N) is 2. The summed E-state index contributed by atoms with van der Waals surface area (Å²) >= 11 is 0. The van der Waals surface area contributed by atoms with Crippen molar-refractivity contribution in [1.82, 2.24) is 10.8 Å². The maximum atomic E-state index is 10.9. The Morgan fingerprint density at radius 2 is 1.93 bits per heavy atom. The van der Waals surface area contributed by atoms with Crippen LogP contribution in [-0.4, -0.2) is 12.0 Å². The largest absolute Gasteiger partial charge is 0.438 e. The fourth-order valence-electron chi connectivity index (χ4n) is 0.411. The standard InChI is InChI=1S/C9H14N2O3/c1-5-7(4)11-14-9(13)10-8(12)6(2)3/h5,11H,2H2,1,3-4H3,(H,10,12,13). The van der Waals surface area contributed by atoms with Gasteiger partial charge in [0.25, 0.3) is 5.91 Å². The van der Waals surface area contributed by atoms with Crippen LogP contribution >= 0.6 is 0 Å². The smallest absolute Gasteiger partial charge is 0.324 e. The van der Waals surface area contributed by atoms with Gasteiger partial charge < -0.3 is 4.84 Å². The number of hydrogen-bond donors (Lipinski definition) is 2. The van der Waals surface area contributed by atoms with Gasteiger partial charge >= 0.3 is 6.09 Å². The van der Waals surface area contributed by atoms with Crippen molar-refractivity contribution in [2.24, 2.45) is 0 Å². The Morgan fingerprint density at radius 1 is 1.36 bits per heavy atom. The zero-order chi connectivity index (χ0) is 11.1. The van der Waals surface area contributed by atoms with Crippen LogP contribution in [0.5, 0.6) is 0 Å². The summed E-state index contributed by atoms with van der Waals surface area (Å²) in [5.74, 6) is -0.560. The molecule has 14 heavy (non-hydrogen) atoms. The lowest BCUT2D eigenvalue weighted by Gasteiger charge is -2.06. The first kappa shape index (κ1) is 12.2. The van der Waals surface area contributed by atoms with Gasteiger partial charge in [-0.15, -0.1) is 0 Å². The summed E-state index contributed by atoms with van der Waals surface area (Å²) in [5, 5.41) is 1.97. The Balaban J connectivity index is 3.88. The van der Waals surface area contributed by atoms with Crippen LogP contribution in [-0.2, 0) is 9.63 Å². The molecule has 0 aliphatic heterocycles. The van der Waals surface area contributed by atoms with Gasteiger partial charge in [0.05, 0.1) is 0 Å². The molecule has 0 atom stereocenters. The fraction of sp³-hybridized carbons (Fsp3) is 0.333. The molecular formula is C9H14N2O3. The molecule has 0 aromatic rings. The third-order valence-electron chi connectivity index (χ3n) is 1.34. The minimum atomic E-state index is -0.862. The number of hydroxylamine groups is 1. The maximum absolute atomic E-state index is 10.9. The zero-order valence-corrected chi connectivity index (χ0v) is 8.51. The van der Waals surface area contributed by atoms with Crippen molar-refractivity contribution in [3.63, 3.8) is 0 Å². The number of carbonyl (C=O) groups is 2. The lowest BCUT2D eigenvalue weighted by atomic mass is 10.3. The Bertz CT molecular complexity index is 282. The minimum Gasteiger partial charge on any atom is -0.324 e. The second kappa shape index (κ2) is 5.80. The van der Waals surface area contributed by atoms with Gasteiger partial charge in [-0.2, -0.15) is 0 Å². The highest BCUT2D eigenvalue weighted by atomic mass is 16.7. The second-order valence-corrected chi connectivity index (χ2v) is 2.70. The SMILES string of the molecule is C=C(C)C(=O)NC(=O)ONC(C)=CC. The third kappa shape index (κ3) is 4.97. The highest BCUT2D eigenvalue weighted by molar-refractivity contribution is 6.01. The van der Waals surface area contributed by atoms with E-state index >= 15 is 0 Å². The second-order valence-electron chi connectivity index (χ2n) is 2.70. The van der Waals surface area contributed by atoms with Crippen LogP contribution in [0, 0.1) is 0 Å². The van der Waals surface area contributed by atoms with Crippen LogP contribution in [0.2, 0.25) is 0 Å². The van der Waals surface area contributed by atoms with Gasteiger partial charge in [-0.25, -0.2) is 10.3 Å². The van der Waals surface area contributed by atoms with E-state index in [1.807, 2.05) is 5.32 Å². The van der Waals surface area contributed by atoms with Gasteiger partial charge in [0.2, 0.25) is 0 Å². The van der Waals surface area contributed by atoms with Crippen molar-refractivity contribution in [2.75, 3.05) is 0 Å². The van der Waals surface area contributed by atoms with Gasteiger partial charge in [-0.1, -0.05) is 12.7 Å². The minimum absolute atomic E-state index is 0.240. The summed E-state index contributed by atoms with van der Waals surface area (Å²) in [4.78, 5) is 26.3. The molecule has 0 bridgehead atoms. The van der Waals surface area contributed by atoms with Crippen LogP contribution in [0.4, 0.5) is 4.79 Å². The van der Waals surface area contributed by atoms with Gasteiger partial charge in [-0.3, -0.25) is 10.1 Å². The van der Waals surface area contributed by atoms with E-state index < -0.39 is 12.0 Å². The molecule has 0 aromatic heterocycles. The monoisotopic (exact) mass is 198 g/mol. The van der Waals surface area contributed by atoms with Crippen molar-refractivity contribution in [3.8, 4) is 0 Å². The van der Waals surface area contributed by atoms with Gasteiger partial charge in [0, 0.05) is 11.3 Å². The molecule has 0 fully saturated rings. The molecule has 0 unspecified atom stereocenters. The number of hydrogen-bond acceptors (Lipinski definition) is 4. The molecule has 2 amide bonds. The van der Waals surface area contributed by atoms with Gasteiger partial charge in [0.15, 0.2) is 0 Å². The number of carbonyl (C=O) groups excluding carboxylic acids is 2. The van der Waals surface area contributed by atoms with Crippen LogP contribution in [0.25, 0.3) is 0 Å². The summed E-state index contributed by atoms with van der Waals surface area (Å²) < 4.78 is 0. The molecule has 0 aromatic carbocycles. The van der Waals surface area contributed by atoms with Crippen LogP contribution in [0.1, 0.15) is 20.8 Å². The molecule has 0 radical (unpaired) electrons. The molecule has 0 saturated carbocycles. The third-order valence-corrected chi connectivity index (χ3v) is 1.34. The summed E-state index contributed by atoms with van der Waals surface area (Å²) in [6, 6.07) is 0. The summed E-state index contributed by atoms with van der Waals surface area (Å²) in [6.07, 6.45) is 0.854. The molecule has 0 saturated heterocycles. The van der Waals surface area contributed by atoms with E-state index in [0.717, 1.165) is 0 Å². The van der Waals surface area contributed by atoms with E-state index in [1.165, 1.54) is 6.92 Å². The van der Waals surface area contributed by atoms with Crippen molar-refractivity contribution >= 4 is 12.0 Å². The summed E-state index contributed by atoms with van der Waals surface area (Å²) in [6.45, 7) is 8.36. The van der Waals surface area contributed by atoms with E-state index in [4.69, 9.17) is 0 Å². The molecule has 0 aliphatic rings. The topological polar surface area (TPSA) is 67.4 Å². The molecule has 78 valence electrons. The zero-order valence-electron chi connectivity index (χ0n) is 8.51. The lowest BCUT2D eigenvalue weighted by Crippen LogP contribution is -2.34. The number of allylic oxidation sites excluding steroid dienone is 2. The maximum Gasteiger partial charge on any atom is 0.438 e. The number of rotatable bonds is 3. The Hall–Kier alpha value is -1.78. The molecule has 0 heterocycles. The van der Waals surface area contributed by atoms with E-state index in [1.54, 1.807) is 19.9 Å². The molecule has 2 N–H and O–H groups in total. The van der Waals surface area contributed by atoms with E-state index in [2.05, 4.69) is 16.9 Å². The molecule has 5 nitrogen and oxygen atoms in total. The molecule has 0 rings (SSSR count). The normalized spacial score (nSPS) is 10.4. The van der Waals surface area contributed by atoms with Gasteiger partial charge in [0.1, 0.15) is 0 Å². The highest BCUT2D eigenvalue weighted by Gasteiger charge is 2.08. The Kier molecular flexibility index (Phi) is 5.06. The van der Waals surface area contributed by atoms with E-state index in [9.17, 15) is 9.59 Å². The predicted octanol–water partition coefficient (Wildman–Crippen LogP) is 1.24. The average molecular weight is 198 g/mol. The van der Waals surface area contributed by atoms with Crippen LogP contribution in [0.15, 0.2) is 23.9 Å². The summed E-state index contributed by atoms with van der Waals surface area (Å²) in [7, 11) is 0. The van der Waals surface area contributed by atoms with Crippen molar-refractivity contribution in [3.05, 3.63) is 23.9 Å². The van der Waals surface area contributed by atoms with E-state index in [-0.39, 0.29) is 5.57 Å². The first-order chi connectivity index (χ1) is 6.47. The van der Waals surface area contributed by atoms with Crippen molar-refractivity contribution < 1.29 is 14.4 Å². The molecule has 5 heteroatoms.